The van der Waals surface area contributed by atoms with Crippen LogP contribution in [0.25, 0.3) is 0 Å². The summed E-state index contributed by atoms with van der Waals surface area (Å²) >= 11 is 0. The molecule has 2 N–H and O–H groups in total. The van der Waals surface area contributed by atoms with Crippen LogP contribution in [0.1, 0.15) is 37.5 Å². The van der Waals surface area contributed by atoms with E-state index in [2.05, 4.69) is 20.1 Å². The average molecular weight is 210 g/mol. The summed E-state index contributed by atoms with van der Waals surface area (Å²) in [6.07, 6.45) is 6.04. The lowest BCUT2D eigenvalue weighted by molar-refractivity contribution is 0.129. The highest BCUT2D eigenvalue weighted by atomic mass is 16.3. The Hall–Kier alpha value is -0.940. The van der Waals surface area contributed by atoms with Crippen molar-refractivity contribution in [3.8, 4) is 0 Å². The van der Waals surface area contributed by atoms with Crippen LogP contribution in [0, 0.1) is 0 Å². The summed E-state index contributed by atoms with van der Waals surface area (Å²) in [6.45, 7) is 2.31. The molecular formula is C10H18N4O. The maximum atomic E-state index is 8.85. The number of aliphatic hydroxyl groups excluding tert-OH is 1. The average Bonchev–Trinajstić information content (AvgIpc) is 2.80. The molecule has 1 aliphatic rings. The number of aromatic nitrogens is 3. The van der Waals surface area contributed by atoms with E-state index in [1.807, 2.05) is 0 Å². The van der Waals surface area contributed by atoms with Gasteiger partial charge in [-0.05, 0) is 25.8 Å². The zero-order valence-electron chi connectivity index (χ0n) is 8.89. The van der Waals surface area contributed by atoms with Crippen LogP contribution in [0.15, 0.2) is 6.33 Å². The highest BCUT2D eigenvalue weighted by Crippen LogP contribution is 2.28. The van der Waals surface area contributed by atoms with Gasteiger partial charge in [0.15, 0.2) is 0 Å². The number of nitrogens with one attached hydrogen (secondary N) is 1. The molecule has 84 valence electrons. The van der Waals surface area contributed by atoms with Crippen LogP contribution in [0.3, 0.4) is 0 Å². The van der Waals surface area contributed by atoms with E-state index >= 15 is 0 Å². The monoisotopic (exact) mass is 210 g/mol. The maximum Gasteiger partial charge on any atom is 0.141 e. The first kappa shape index (κ1) is 10.6. The van der Waals surface area contributed by atoms with Crippen molar-refractivity contribution in [2.24, 2.45) is 0 Å². The summed E-state index contributed by atoms with van der Waals surface area (Å²) < 4.78 is 0. The number of aliphatic hydroxyl groups is 1. The molecule has 5 nitrogen and oxygen atoms in total. The third-order valence-electron chi connectivity index (χ3n) is 2.97. The highest BCUT2D eigenvalue weighted by molar-refractivity contribution is 4.94. The quantitative estimate of drug-likeness (QED) is 0.768. The second kappa shape index (κ2) is 5.23. The zero-order valence-corrected chi connectivity index (χ0v) is 8.89. The third kappa shape index (κ3) is 2.54. The molecule has 1 aliphatic heterocycles. The molecule has 1 unspecified atom stereocenters. The Kier molecular flexibility index (Phi) is 3.69. The van der Waals surface area contributed by atoms with E-state index in [-0.39, 0.29) is 6.61 Å². The normalized spacial score (nSPS) is 23.1. The van der Waals surface area contributed by atoms with Crippen LogP contribution in [0.2, 0.25) is 0 Å². The molecule has 15 heavy (non-hydrogen) atoms. The number of hydrogen-bond donors (Lipinski definition) is 2. The molecule has 0 aliphatic carbocycles. The maximum absolute atomic E-state index is 8.85. The first-order valence-corrected chi connectivity index (χ1v) is 5.62. The molecule has 0 amide bonds. The molecule has 2 heterocycles. The third-order valence-corrected chi connectivity index (χ3v) is 2.97. The topological polar surface area (TPSA) is 65.0 Å². The van der Waals surface area contributed by atoms with Gasteiger partial charge in [0.2, 0.25) is 0 Å². The molecule has 1 aromatic heterocycles. The van der Waals surface area contributed by atoms with Crippen molar-refractivity contribution in [3.05, 3.63) is 12.2 Å². The molecule has 1 aromatic rings. The number of aromatic amines is 1. The second-order valence-electron chi connectivity index (χ2n) is 4.00. The molecule has 0 saturated carbocycles. The molecule has 0 radical (unpaired) electrons. The van der Waals surface area contributed by atoms with Crippen molar-refractivity contribution in [2.75, 3.05) is 19.7 Å². The van der Waals surface area contributed by atoms with Gasteiger partial charge in [-0.25, -0.2) is 4.98 Å². The van der Waals surface area contributed by atoms with E-state index in [4.69, 9.17) is 5.11 Å². The van der Waals surface area contributed by atoms with Crippen LogP contribution in [0.5, 0.6) is 0 Å². The Bertz CT molecular complexity index is 275. The summed E-state index contributed by atoms with van der Waals surface area (Å²) in [4.78, 5) is 6.62. The van der Waals surface area contributed by atoms with E-state index in [0.29, 0.717) is 6.04 Å². The standard InChI is InChI=1S/C10H18N4O/c15-7-3-6-14-5-2-1-4-9(14)10-11-8-12-13-10/h8-9,15H,1-7H2,(H,11,12,13). The van der Waals surface area contributed by atoms with Gasteiger partial charge in [-0.1, -0.05) is 6.42 Å². The minimum Gasteiger partial charge on any atom is -0.396 e. The SMILES string of the molecule is OCCCN1CCCCC1c1ncn[nH]1. The van der Waals surface area contributed by atoms with Gasteiger partial charge in [0, 0.05) is 13.2 Å². The van der Waals surface area contributed by atoms with E-state index < -0.39 is 0 Å². The summed E-state index contributed by atoms with van der Waals surface area (Å²) in [6, 6.07) is 0.368. The van der Waals surface area contributed by atoms with Crippen LogP contribution in [0.4, 0.5) is 0 Å². The second-order valence-corrected chi connectivity index (χ2v) is 4.00. The first-order valence-electron chi connectivity index (χ1n) is 5.62. The predicted molar refractivity (Wildman–Crippen MR) is 56.3 cm³/mol. The molecule has 2 rings (SSSR count). The summed E-state index contributed by atoms with van der Waals surface area (Å²) in [5, 5.41) is 15.7. The van der Waals surface area contributed by atoms with E-state index in [0.717, 1.165) is 31.8 Å². The number of nitrogens with zero attached hydrogens (tertiary/aromatic N) is 3. The minimum absolute atomic E-state index is 0.264. The Morgan fingerprint density at radius 1 is 1.53 bits per heavy atom. The lowest BCUT2D eigenvalue weighted by Gasteiger charge is -2.34. The number of H-pyrrole nitrogens is 1. The van der Waals surface area contributed by atoms with Crippen LogP contribution < -0.4 is 0 Å². The lowest BCUT2D eigenvalue weighted by atomic mass is 10.0. The van der Waals surface area contributed by atoms with Crippen LogP contribution in [-0.2, 0) is 0 Å². The van der Waals surface area contributed by atoms with Gasteiger partial charge in [-0.2, -0.15) is 5.10 Å². The molecule has 1 atom stereocenters. The van der Waals surface area contributed by atoms with E-state index in [1.165, 1.54) is 12.8 Å². The molecule has 5 heteroatoms. The Balaban J connectivity index is 1.99. The van der Waals surface area contributed by atoms with E-state index in [9.17, 15) is 0 Å². The van der Waals surface area contributed by atoms with Crippen LogP contribution >= 0.6 is 0 Å². The summed E-state index contributed by atoms with van der Waals surface area (Å²) in [5.74, 6) is 0.965. The lowest BCUT2D eigenvalue weighted by Crippen LogP contribution is -2.35. The molecule has 1 fully saturated rings. The van der Waals surface area contributed by atoms with Gasteiger partial charge in [-0.3, -0.25) is 10.00 Å². The van der Waals surface area contributed by atoms with Crippen LogP contribution in [-0.4, -0.2) is 44.9 Å². The number of rotatable bonds is 4. The number of hydrogen-bond acceptors (Lipinski definition) is 4. The van der Waals surface area contributed by atoms with Gasteiger partial charge in [0.25, 0.3) is 0 Å². The fourth-order valence-electron chi connectivity index (χ4n) is 2.22. The molecule has 0 aromatic carbocycles. The number of likely N-dealkylation sites (tertiary alicyclic amines) is 1. The highest BCUT2D eigenvalue weighted by Gasteiger charge is 2.25. The molecule has 1 saturated heterocycles. The minimum atomic E-state index is 0.264. The smallest absolute Gasteiger partial charge is 0.141 e. The fourth-order valence-corrected chi connectivity index (χ4v) is 2.22. The van der Waals surface area contributed by atoms with Gasteiger partial charge < -0.3 is 5.11 Å². The zero-order chi connectivity index (χ0) is 10.5. The Morgan fingerprint density at radius 2 is 2.47 bits per heavy atom. The Morgan fingerprint density at radius 3 is 3.20 bits per heavy atom. The first-order chi connectivity index (χ1) is 7.42. The van der Waals surface area contributed by atoms with Gasteiger partial charge in [0.1, 0.15) is 12.2 Å². The molecular weight excluding hydrogens is 192 g/mol. The largest absolute Gasteiger partial charge is 0.396 e. The van der Waals surface area contributed by atoms with Crippen molar-refractivity contribution in [1.82, 2.24) is 20.1 Å². The van der Waals surface area contributed by atoms with Crippen molar-refractivity contribution < 1.29 is 5.11 Å². The fraction of sp³-hybridized carbons (Fsp3) is 0.800. The van der Waals surface area contributed by atoms with Gasteiger partial charge in [0.05, 0.1) is 6.04 Å². The molecule has 0 bridgehead atoms. The van der Waals surface area contributed by atoms with Crippen molar-refractivity contribution in [1.29, 1.82) is 0 Å². The summed E-state index contributed by atoms with van der Waals surface area (Å²) in [7, 11) is 0. The number of piperidine rings is 1. The van der Waals surface area contributed by atoms with Crippen molar-refractivity contribution in [2.45, 2.75) is 31.7 Å². The Labute approximate surface area is 89.5 Å². The van der Waals surface area contributed by atoms with Gasteiger partial charge in [-0.15, -0.1) is 0 Å². The summed E-state index contributed by atoms with van der Waals surface area (Å²) in [5.41, 5.74) is 0. The van der Waals surface area contributed by atoms with E-state index in [1.54, 1.807) is 6.33 Å². The van der Waals surface area contributed by atoms with Crippen molar-refractivity contribution in [3.63, 3.8) is 0 Å². The molecule has 0 spiro atoms. The van der Waals surface area contributed by atoms with Gasteiger partial charge >= 0.3 is 0 Å². The predicted octanol–water partition coefficient (Wildman–Crippen LogP) is 0.714. The van der Waals surface area contributed by atoms with Crippen molar-refractivity contribution >= 4 is 0 Å².